The van der Waals surface area contributed by atoms with Crippen LogP contribution in [-0.4, -0.2) is 32.9 Å². The van der Waals surface area contributed by atoms with Crippen LogP contribution in [0.5, 0.6) is 0 Å². The maximum absolute atomic E-state index is 12.8. The summed E-state index contributed by atoms with van der Waals surface area (Å²) in [6.07, 6.45) is 1.50. The van der Waals surface area contributed by atoms with Crippen LogP contribution in [0.25, 0.3) is 11.2 Å². The first-order valence-electron chi connectivity index (χ1n) is 8.53. The van der Waals surface area contributed by atoms with Gasteiger partial charge in [0.05, 0.1) is 5.52 Å². The number of carbonyl (C=O) groups excluding carboxylic acids is 2. The second-order valence-corrected chi connectivity index (χ2v) is 7.38. The van der Waals surface area contributed by atoms with E-state index in [4.69, 9.17) is 4.74 Å². The van der Waals surface area contributed by atoms with Crippen molar-refractivity contribution in [2.75, 3.05) is 4.90 Å². The predicted octanol–water partition coefficient (Wildman–Crippen LogP) is 3.30. The molecule has 3 heterocycles. The highest BCUT2D eigenvalue weighted by Gasteiger charge is 2.38. The molecule has 2 aromatic heterocycles. The van der Waals surface area contributed by atoms with Crippen molar-refractivity contribution in [2.45, 2.75) is 32.4 Å². The zero-order valence-corrected chi connectivity index (χ0v) is 16.4. The summed E-state index contributed by atoms with van der Waals surface area (Å²) in [5.41, 5.74) is 3.02. The van der Waals surface area contributed by atoms with E-state index in [2.05, 4.69) is 30.9 Å². The molecule has 0 saturated carbocycles. The summed E-state index contributed by atoms with van der Waals surface area (Å²) in [4.78, 5) is 38.1. The number of hydrogen-bond acceptors (Lipinski definition) is 5. The Bertz CT molecular complexity index is 1050. The number of esters is 1. The molecule has 1 N–H and O–H groups in total. The number of anilines is 1. The van der Waals surface area contributed by atoms with Crippen molar-refractivity contribution in [2.24, 2.45) is 0 Å². The first-order chi connectivity index (χ1) is 12.9. The van der Waals surface area contributed by atoms with Gasteiger partial charge in [-0.05, 0) is 40.5 Å². The third kappa shape index (κ3) is 3.21. The van der Waals surface area contributed by atoms with Gasteiger partial charge in [0.2, 0.25) is 5.91 Å². The van der Waals surface area contributed by atoms with Gasteiger partial charge in [-0.25, -0.2) is 14.8 Å². The van der Waals surface area contributed by atoms with E-state index < -0.39 is 18.1 Å². The Morgan fingerprint density at radius 1 is 1.37 bits per heavy atom. The Morgan fingerprint density at radius 3 is 2.93 bits per heavy atom. The maximum atomic E-state index is 12.8. The molecule has 0 fully saturated rings. The highest BCUT2D eigenvalue weighted by Crippen LogP contribution is 2.33. The summed E-state index contributed by atoms with van der Waals surface area (Å²) < 4.78 is 6.46. The van der Waals surface area contributed by atoms with Gasteiger partial charge in [-0.3, -0.25) is 9.69 Å². The number of carbonyl (C=O) groups is 2. The van der Waals surface area contributed by atoms with Crippen molar-refractivity contribution in [3.63, 3.8) is 0 Å². The van der Waals surface area contributed by atoms with Gasteiger partial charge in [0, 0.05) is 29.7 Å². The maximum Gasteiger partial charge on any atom is 0.330 e. The van der Waals surface area contributed by atoms with Crippen LogP contribution in [0.4, 0.5) is 5.69 Å². The van der Waals surface area contributed by atoms with Gasteiger partial charge in [-0.15, -0.1) is 0 Å². The molecule has 0 aliphatic carbocycles. The minimum absolute atomic E-state index is 0.188. The van der Waals surface area contributed by atoms with Gasteiger partial charge >= 0.3 is 5.97 Å². The Hall–Kier alpha value is -2.74. The number of H-pyrrole nitrogens is 1. The van der Waals surface area contributed by atoms with E-state index in [-0.39, 0.29) is 5.91 Å². The monoisotopic (exact) mass is 428 g/mol. The molecule has 1 amide bonds. The van der Waals surface area contributed by atoms with Crippen LogP contribution in [0, 0.1) is 0 Å². The molecule has 27 heavy (non-hydrogen) atoms. The molecule has 8 heteroatoms. The number of hydrogen-bond donors (Lipinski definition) is 1. The number of rotatable bonds is 3. The second-order valence-electron chi connectivity index (χ2n) is 6.46. The van der Waals surface area contributed by atoms with Gasteiger partial charge in [-0.1, -0.05) is 18.2 Å². The molecule has 4 rings (SSSR count). The van der Waals surface area contributed by atoms with E-state index in [1.165, 1.54) is 11.8 Å². The quantitative estimate of drug-likeness (QED) is 0.646. The number of nitrogens with zero attached hydrogens (tertiary/aromatic N) is 3. The van der Waals surface area contributed by atoms with Crippen molar-refractivity contribution >= 4 is 44.7 Å². The van der Waals surface area contributed by atoms with Crippen molar-refractivity contribution in [1.82, 2.24) is 15.0 Å². The Balaban J connectivity index is 1.55. The van der Waals surface area contributed by atoms with Crippen LogP contribution in [-0.2, 0) is 20.7 Å². The summed E-state index contributed by atoms with van der Waals surface area (Å²) >= 11 is 3.36. The zero-order valence-electron chi connectivity index (χ0n) is 14.8. The van der Waals surface area contributed by atoms with Gasteiger partial charge in [0.25, 0.3) is 0 Å². The predicted molar refractivity (Wildman–Crippen MR) is 103 cm³/mol. The number of amides is 1. The normalized spacial score (nSPS) is 17.0. The number of fused-ring (bicyclic) bond motifs is 2. The van der Waals surface area contributed by atoms with E-state index in [9.17, 15) is 9.59 Å². The van der Waals surface area contributed by atoms with E-state index in [0.29, 0.717) is 17.9 Å². The molecule has 1 aliphatic heterocycles. The van der Waals surface area contributed by atoms with Gasteiger partial charge in [-0.2, -0.15) is 0 Å². The second kappa shape index (κ2) is 6.77. The fourth-order valence-electron chi connectivity index (χ4n) is 3.36. The number of imidazole rings is 1. The molecule has 0 saturated heterocycles. The zero-order chi connectivity index (χ0) is 19.1. The van der Waals surface area contributed by atoms with E-state index in [1.54, 1.807) is 13.1 Å². The number of halogens is 1. The third-order valence-corrected chi connectivity index (χ3v) is 5.02. The van der Waals surface area contributed by atoms with E-state index >= 15 is 0 Å². The molecule has 0 radical (unpaired) electrons. The highest BCUT2D eigenvalue weighted by molar-refractivity contribution is 9.10. The first-order valence-corrected chi connectivity index (χ1v) is 9.32. The van der Waals surface area contributed by atoms with Crippen LogP contribution in [0.2, 0.25) is 0 Å². The first kappa shape index (κ1) is 17.7. The number of benzene rings is 1. The molecule has 2 atom stereocenters. The SMILES string of the molecule is CC(=O)N1c2ccccc2C[C@H]1C(=O)O[C@@H](C)c1nc2ncc(Br)cc2[nH]1. The lowest BCUT2D eigenvalue weighted by molar-refractivity contribution is -0.151. The minimum atomic E-state index is -0.668. The molecular weight excluding hydrogens is 412 g/mol. The fraction of sp³-hybridized carbons (Fsp3) is 0.263. The van der Waals surface area contributed by atoms with E-state index in [1.807, 2.05) is 30.3 Å². The van der Waals surface area contributed by atoms with Crippen molar-refractivity contribution < 1.29 is 14.3 Å². The average molecular weight is 429 g/mol. The Labute approximate surface area is 163 Å². The molecule has 1 aliphatic rings. The molecule has 3 aromatic rings. The summed E-state index contributed by atoms with van der Waals surface area (Å²) in [7, 11) is 0. The molecule has 0 spiro atoms. The molecule has 1 aromatic carbocycles. The molecule has 0 unspecified atom stereocenters. The number of ether oxygens (including phenoxy) is 1. The lowest BCUT2D eigenvalue weighted by Gasteiger charge is -2.24. The average Bonchev–Trinajstić information content (AvgIpc) is 3.22. The molecular formula is C19H17BrN4O3. The molecule has 7 nitrogen and oxygen atoms in total. The van der Waals surface area contributed by atoms with Crippen LogP contribution >= 0.6 is 15.9 Å². The smallest absolute Gasteiger partial charge is 0.330 e. The fourth-order valence-corrected chi connectivity index (χ4v) is 3.69. The van der Waals surface area contributed by atoms with Crippen LogP contribution in [0.15, 0.2) is 41.0 Å². The Morgan fingerprint density at radius 2 is 2.15 bits per heavy atom. The number of aromatic amines is 1. The number of aromatic nitrogens is 3. The van der Waals surface area contributed by atoms with Gasteiger partial charge < -0.3 is 9.72 Å². The number of pyridine rings is 1. The summed E-state index contributed by atoms with van der Waals surface area (Å²) in [5.74, 6) is -0.135. The summed E-state index contributed by atoms with van der Waals surface area (Å²) in [5, 5.41) is 0. The van der Waals surface area contributed by atoms with Crippen molar-refractivity contribution in [3.8, 4) is 0 Å². The molecule has 0 bridgehead atoms. The lowest BCUT2D eigenvalue weighted by Crippen LogP contribution is -2.43. The van der Waals surface area contributed by atoms with Gasteiger partial charge in [0.15, 0.2) is 11.8 Å². The van der Waals surface area contributed by atoms with E-state index in [0.717, 1.165) is 21.2 Å². The minimum Gasteiger partial charge on any atom is -0.453 e. The highest BCUT2D eigenvalue weighted by atomic mass is 79.9. The largest absolute Gasteiger partial charge is 0.453 e. The molecule has 138 valence electrons. The van der Waals surface area contributed by atoms with Crippen molar-refractivity contribution in [3.05, 3.63) is 52.4 Å². The third-order valence-electron chi connectivity index (χ3n) is 4.59. The summed E-state index contributed by atoms with van der Waals surface area (Å²) in [6.45, 7) is 3.19. The number of nitrogens with one attached hydrogen (secondary N) is 1. The lowest BCUT2D eigenvalue weighted by atomic mass is 10.1. The van der Waals surface area contributed by atoms with Gasteiger partial charge in [0.1, 0.15) is 11.9 Å². The Kier molecular flexibility index (Phi) is 4.43. The number of para-hydroxylation sites is 1. The topological polar surface area (TPSA) is 88.2 Å². The van der Waals surface area contributed by atoms with Crippen molar-refractivity contribution in [1.29, 1.82) is 0 Å². The summed E-state index contributed by atoms with van der Waals surface area (Å²) in [6, 6.07) is 8.70. The van der Waals surface area contributed by atoms with Crippen LogP contribution < -0.4 is 4.90 Å². The van der Waals surface area contributed by atoms with Crippen LogP contribution in [0.1, 0.15) is 31.3 Å². The van der Waals surface area contributed by atoms with Crippen LogP contribution in [0.3, 0.4) is 0 Å². The standard InChI is InChI=1S/C19H17BrN4O3/c1-10(17-22-14-8-13(20)9-21-18(14)23-17)27-19(26)16-7-12-5-3-4-6-15(12)24(16)11(2)25/h3-6,8-10,16H,7H2,1-2H3,(H,21,22,23)/t10-,16-/m0/s1.